The molecular formula is C19H18N2O2S. The number of para-hydroxylation sites is 1. The summed E-state index contributed by atoms with van der Waals surface area (Å²) in [4.78, 5) is 19.8. The molecule has 0 aliphatic carbocycles. The highest BCUT2D eigenvalue weighted by molar-refractivity contribution is 7.10. The zero-order valence-corrected chi connectivity index (χ0v) is 14.0. The van der Waals surface area contributed by atoms with Gasteiger partial charge in [-0.2, -0.15) is 0 Å². The predicted octanol–water partition coefficient (Wildman–Crippen LogP) is 3.52. The maximum absolute atomic E-state index is 12.4. The third-order valence-electron chi connectivity index (χ3n) is 4.29. The number of carbonyl (C=O) groups excluding carboxylic acids is 1. The van der Waals surface area contributed by atoms with Gasteiger partial charge in [-0.1, -0.05) is 24.3 Å². The van der Waals surface area contributed by atoms with E-state index in [0.717, 1.165) is 34.5 Å². The van der Waals surface area contributed by atoms with Gasteiger partial charge in [-0.15, -0.1) is 11.3 Å². The summed E-state index contributed by atoms with van der Waals surface area (Å²) in [6.07, 6.45) is 3.16. The molecule has 1 unspecified atom stereocenters. The molecule has 0 N–H and O–H groups in total. The highest BCUT2D eigenvalue weighted by Crippen LogP contribution is 2.26. The lowest BCUT2D eigenvalue weighted by molar-refractivity contribution is -0.129. The summed E-state index contributed by atoms with van der Waals surface area (Å²) in [5, 5.41) is 3.07. The number of likely N-dealkylation sites (tertiary alicyclic amines) is 1. The van der Waals surface area contributed by atoms with Gasteiger partial charge in [0.1, 0.15) is 17.4 Å². The number of hydrogen-bond acceptors (Lipinski definition) is 4. The average Bonchev–Trinajstić information content (AvgIpc) is 3.27. The van der Waals surface area contributed by atoms with Crippen LogP contribution < -0.4 is 4.74 Å². The molecule has 122 valence electrons. The third-order valence-corrected chi connectivity index (χ3v) is 5.17. The number of hydrogen-bond donors (Lipinski definition) is 0. The minimum Gasteiger partial charge on any atom is -0.486 e. The van der Waals surface area contributed by atoms with Crippen LogP contribution in [0.25, 0.3) is 10.9 Å². The molecule has 0 radical (unpaired) electrons. The number of rotatable bonds is 4. The van der Waals surface area contributed by atoms with Crippen LogP contribution in [-0.2, 0) is 11.2 Å². The fraction of sp³-hybridized carbons (Fsp3) is 0.263. The van der Waals surface area contributed by atoms with E-state index >= 15 is 0 Å². The number of carbonyl (C=O) groups is 1. The number of thiophene rings is 1. The second kappa shape index (κ2) is 6.61. The lowest BCUT2D eigenvalue weighted by Gasteiger charge is -2.17. The zero-order chi connectivity index (χ0) is 16.4. The van der Waals surface area contributed by atoms with E-state index in [0.29, 0.717) is 13.0 Å². The number of ether oxygens (including phenoxy) is 1. The second-order valence-electron chi connectivity index (χ2n) is 5.96. The Bertz CT molecular complexity index is 842. The number of fused-ring (bicyclic) bond motifs is 1. The highest BCUT2D eigenvalue weighted by atomic mass is 32.1. The highest BCUT2D eigenvalue weighted by Gasteiger charge is 2.28. The minimum atomic E-state index is 0.0323. The Morgan fingerprint density at radius 3 is 3.04 bits per heavy atom. The Hall–Kier alpha value is -2.40. The van der Waals surface area contributed by atoms with E-state index in [-0.39, 0.29) is 12.0 Å². The van der Waals surface area contributed by atoms with E-state index in [2.05, 4.69) is 4.98 Å². The molecule has 1 amide bonds. The van der Waals surface area contributed by atoms with Gasteiger partial charge in [0.05, 0.1) is 13.0 Å². The van der Waals surface area contributed by atoms with Crippen LogP contribution in [-0.4, -0.2) is 35.0 Å². The molecule has 1 fully saturated rings. The molecule has 1 aliphatic rings. The van der Waals surface area contributed by atoms with Gasteiger partial charge >= 0.3 is 0 Å². The number of nitrogens with zero attached hydrogens (tertiary/aromatic N) is 2. The normalized spacial score (nSPS) is 17.3. The smallest absolute Gasteiger partial charge is 0.227 e. The van der Waals surface area contributed by atoms with Crippen LogP contribution in [0.1, 0.15) is 11.3 Å². The first-order chi connectivity index (χ1) is 11.8. The molecule has 1 aliphatic heterocycles. The van der Waals surface area contributed by atoms with Crippen molar-refractivity contribution in [2.24, 2.45) is 0 Å². The predicted molar refractivity (Wildman–Crippen MR) is 95.4 cm³/mol. The zero-order valence-electron chi connectivity index (χ0n) is 13.2. The first-order valence-corrected chi connectivity index (χ1v) is 8.98. The largest absolute Gasteiger partial charge is 0.486 e. The average molecular weight is 338 g/mol. The molecule has 1 saturated heterocycles. The fourth-order valence-corrected chi connectivity index (χ4v) is 3.77. The summed E-state index contributed by atoms with van der Waals surface area (Å²) in [7, 11) is 0. The van der Waals surface area contributed by atoms with Crippen molar-refractivity contribution in [1.29, 1.82) is 0 Å². The van der Waals surface area contributed by atoms with Gasteiger partial charge in [-0.3, -0.25) is 9.78 Å². The van der Waals surface area contributed by atoms with Gasteiger partial charge in [-0.05, 0) is 23.6 Å². The SMILES string of the molecule is O=C(Cc1cccs1)N1CCC(Oc2cccc3cccnc23)C1. The van der Waals surface area contributed by atoms with E-state index in [9.17, 15) is 4.79 Å². The van der Waals surface area contributed by atoms with Crippen LogP contribution in [0.5, 0.6) is 5.75 Å². The van der Waals surface area contributed by atoms with Crippen LogP contribution in [0.15, 0.2) is 54.0 Å². The van der Waals surface area contributed by atoms with Crippen LogP contribution in [0.3, 0.4) is 0 Å². The molecule has 0 bridgehead atoms. The Morgan fingerprint density at radius 2 is 2.17 bits per heavy atom. The molecule has 0 saturated carbocycles. The van der Waals surface area contributed by atoms with E-state index in [1.165, 1.54) is 0 Å². The molecule has 5 heteroatoms. The molecule has 1 atom stereocenters. The van der Waals surface area contributed by atoms with Crippen molar-refractivity contribution in [3.05, 3.63) is 58.9 Å². The molecule has 1 aromatic carbocycles. The fourth-order valence-electron chi connectivity index (χ4n) is 3.08. The molecule has 3 aromatic rings. The standard InChI is InChI=1S/C19H18N2O2S/c22-18(12-16-6-3-11-24-16)21-10-8-15(13-21)23-17-7-1-4-14-5-2-9-20-19(14)17/h1-7,9,11,15H,8,10,12-13H2. The Balaban J connectivity index is 1.42. The van der Waals surface area contributed by atoms with Gasteiger partial charge in [-0.25, -0.2) is 0 Å². The number of benzene rings is 1. The van der Waals surface area contributed by atoms with Crippen LogP contribution >= 0.6 is 11.3 Å². The maximum Gasteiger partial charge on any atom is 0.227 e. The Kier molecular flexibility index (Phi) is 4.17. The molecule has 24 heavy (non-hydrogen) atoms. The van der Waals surface area contributed by atoms with Gasteiger partial charge in [0, 0.05) is 29.4 Å². The van der Waals surface area contributed by atoms with E-state index < -0.39 is 0 Å². The maximum atomic E-state index is 12.4. The number of amides is 1. The lowest BCUT2D eigenvalue weighted by atomic mass is 10.2. The van der Waals surface area contributed by atoms with E-state index in [1.807, 2.05) is 52.7 Å². The first kappa shape index (κ1) is 15.1. The van der Waals surface area contributed by atoms with Crippen molar-refractivity contribution in [3.8, 4) is 5.75 Å². The number of pyridine rings is 1. The monoisotopic (exact) mass is 338 g/mol. The van der Waals surface area contributed by atoms with Crippen LogP contribution in [0.2, 0.25) is 0 Å². The van der Waals surface area contributed by atoms with Gasteiger partial charge in [0.15, 0.2) is 0 Å². The lowest BCUT2D eigenvalue weighted by Crippen LogP contribution is -2.31. The molecular weight excluding hydrogens is 320 g/mol. The summed E-state index contributed by atoms with van der Waals surface area (Å²) in [6, 6.07) is 13.9. The second-order valence-corrected chi connectivity index (χ2v) is 6.99. The molecule has 0 spiro atoms. The molecule has 4 rings (SSSR count). The van der Waals surface area contributed by atoms with Crippen molar-refractivity contribution >= 4 is 28.1 Å². The molecule has 4 nitrogen and oxygen atoms in total. The van der Waals surface area contributed by atoms with Crippen LogP contribution in [0, 0.1) is 0 Å². The van der Waals surface area contributed by atoms with E-state index in [1.54, 1.807) is 17.5 Å². The van der Waals surface area contributed by atoms with Crippen molar-refractivity contribution < 1.29 is 9.53 Å². The number of aromatic nitrogens is 1. The summed E-state index contributed by atoms with van der Waals surface area (Å²) in [6.45, 7) is 1.40. The van der Waals surface area contributed by atoms with Crippen molar-refractivity contribution in [1.82, 2.24) is 9.88 Å². The van der Waals surface area contributed by atoms with Gasteiger partial charge < -0.3 is 9.64 Å². The first-order valence-electron chi connectivity index (χ1n) is 8.10. The summed E-state index contributed by atoms with van der Waals surface area (Å²) in [5.41, 5.74) is 0.878. The van der Waals surface area contributed by atoms with Crippen LogP contribution in [0.4, 0.5) is 0 Å². The topological polar surface area (TPSA) is 42.4 Å². The summed E-state index contributed by atoms with van der Waals surface area (Å²) < 4.78 is 6.15. The Morgan fingerprint density at radius 1 is 1.25 bits per heavy atom. The molecule has 2 aromatic heterocycles. The summed E-state index contributed by atoms with van der Waals surface area (Å²) in [5.74, 6) is 0.977. The van der Waals surface area contributed by atoms with Crippen molar-refractivity contribution in [2.45, 2.75) is 18.9 Å². The van der Waals surface area contributed by atoms with Gasteiger partial charge in [0.2, 0.25) is 5.91 Å². The summed E-state index contributed by atoms with van der Waals surface area (Å²) >= 11 is 1.63. The quantitative estimate of drug-likeness (QED) is 0.731. The Labute approximate surface area is 144 Å². The van der Waals surface area contributed by atoms with Crippen molar-refractivity contribution in [3.63, 3.8) is 0 Å². The molecule has 3 heterocycles. The van der Waals surface area contributed by atoms with Crippen molar-refractivity contribution in [2.75, 3.05) is 13.1 Å². The van der Waals surface area contributed by atoms with Gasteiger partial charge in [0.25, 0.3) is 0 Å². The van der Waals surface area contributed by atoms with E-state index in [4.69, 9.17) is 4.74 Å². The third kappa shape index (κ3) is 3.12. The minimum absolute atomic E-state index is 0.0323.